The molecule has 1 aromatic heterocycles. The lowest BCUT2D eigenvalue weighted by Gasteiger charge is -2.10. The molecule has 0 aliphatic heterocycles. The molecular formula is C13H14BrFN2O. The molecule has 0 saturated carbocycles. The van der Waals surface area contributed by atoms with Gasteiger partial charge in [-0.3, -0.25) is 4.68 Å². The number of benzene rings is 1. The monoisotopic (exact) mass is 312 g/mol. The molecule has 2 rings (SSSR count). The quantitative estimate of drug-likeness (QED) is 0.793. The number of aryl methyl sites for hydroxylation is 1. The molecule has 0 aliphatic rings. The molecule has 0 atom stereocenters. The second-order valence-electron chi connectivity index (χ2n) is 3.98. The highest BCUT2D eigenvalue weighted by Gasteiger charge is 2.08. The maximum absolute atomic E-state index is 13.6. The summed E-state index contributed by atoms with van der Waals surface area (Å²) in [4.78, 5) is 0. The Bertz CT molecular complexity index is 527. The van der Waals surface area contributed by atoms with E-state index in [1.54, 1.807) is 16.9 Å². The highest BCUT2D eigenvalue weighted by atomic mass is 79.9. The molecule has 0 spiro atoms. The van der Waals surface area contributed by atoms with Gasteiger partial charge in [0.25, 0.3) is 0 Å². The van der Waals surface area contributed by atoms with Crippen LogP contribution in [-0.2, 0) is 18.8 Å². The van der Waals surface area contributed by atoms with Crippen LogP contribution in [-0.4, -0.2) is 16.4 Å². The van der Waals surface area contributed by atoms with Crippen LogP contribution < -0.4 is 4.74 Å². The fourth-order valence-electron chi connectivity index (χ4n) is 1.69. The minimum atomic E-state index is -0.321. The lowest BCUT2D eigenvalue weighted by molar-refractivity contribution is 0.303. The lowest BCUT2D eigenvalue weighted by atomic mass is 10.2. The van der Waals surface area contributed by atoms with Crippen LogP contribution in [0.2, 0.25) is 0 Å². The molecule has 0 radical (unpaired) electrons. The van der Waals surface area contributed by atoms with Gasteiger partial charge in [-0.15, -0.1) is 0 Å². The summed E-state index contributed by atoms with van der Waals surface area (Å²) in [6.45, 7) is 0.437. The van der Waals surface area contributed by atoms with Crippen molar-refractivity contribution in [1.82, 2.24) is 9.78 Å². The second kappa shape index (κ2) is 6.00. The summed E-state index contributed by atoms with van der Waals surface area (Å²) in [5.74, 6) is 0.0106. The van der Waals surface area contributed by atoms with E-state index in [-0.39, 0.29) is 5.82 Å². The van der Waals surface area contributed by atoms with E-state index in [0.717, 1.165) is 11.1 Å². The van der Waals surface area contributed by atoms with Crippen LogP contribution in [0.1, 0.15) is 11.1 Å². The van der Waals surface area contributed by atoms with Crippen molar-refractivity contribution >= 4 is 15.9 Å². The molecule has 0 saturated heterocycles. The standard InChI is InChI=1S/C13H14BrFN2O/c1-17-9-10(8-16-17)5-6-18-13-11(7-14)3-2-4-12(13)15/h2-4,8-9H,5-7H2,1H3. The molecular weight excluding hydrogens is 299 g/mol. The van der Waals surface area contributed by atoms with Gasteiger partial charge in [0.05, 0.1) is 12.8 Å². The number of hydrogen-bond acceptors (Lipinski definition) is 2. The molecule has 1 heterocycles. The minimum Gasteiger partial charge on any atom is -0.490 e. The fourth-order valence-corrected chi connectivity index (χ4v) is 2.13. The summed E-state index contributed by atoms with van der Waals surface area (Å²) in [5, 5.41) is 4.65. The van der Waals surface area contributed by atoms with Crippen molar-refractivity contribution in [2.75, 3.05) is 6.61 Å². The molecule has 0 N–H and O–H groups in total. The Hall–Kier alpha value is -1.36. The Labute approximate surface area is 114 Å². The third-order valence-electron chi connectivity index (χ3n) is 2.59. The third kappa shape index (κ3) is 3.10. The lowest BCUT2D eigenvalue weighted by Crippen LogP contribution is -2.04. The summed E-state index contributed by atoms with van der Waals surface area (Å²) in [5.41, 5.74) is 1.90. The van der Waals surface area contributed by atoms with Gasteiger partial charge in [-0.2, -0.15) is 5.10 Å². The third-order valence-corrected chi connectivity index (χ3v) is 3.19. The Morgan fingerprint density at radius 1 is 1.44 bits per heavy atom. The summed E-state index contributed by atoms with van der Waals surface area (Å²) in [6, 6.07) is 4.93. The van der Waals surface area contributed by atoms with Crippen LogP contribution in [0.25, 0.3) is 0 Å². The number of alkyl halides is 1. The number of rotatable bonds is 5. The summed E-state index contributed by atoms with van der Waals surface area (Å²) < 4.78 is 20.9. The van der Waals surface area contributed by atoms with Crippen molar-refractivity contribution in [3.8, 4) is 5.75 Å². The first-order chi connectivity index (χ1) is 8.70. The molecule has 0 bridgehead atoms. The van der Waals surface area contributed by atoms with Gasteiger partial charge in [-0.25, -0.2) is 4.39 Å². The van der Waals surface area contributed by atoms with E-state index in [1.165, 1.54) is 6.07 Å². The Balaban J connectivity index is 1.98. The fraction of sp³-hybridized carbons (Fsp3) is 0.308. The van der Waals surface area contributed by atoms with Crippen LogP contribution in [0.4, 0.5) is 4.39 Å². The van der Waals surface area contributed by atoms with Crippen molar-refractivity contribution in [2.45, 2.75) is 11.8 Å². The van der Waals surface area contributed by atoms with Gasteiger partial charge in [0.15, 0.2) is 11.6 Å². The second-order valence-corrected chi connectivity index (χ2v) is 4.54. The molecule has 0 fully saturated rings. The maximum atomic E-state index is 13.6. The average Bonchev–Trinajstić information content (AvgIpc) is 2.77. The summed E-state index contributed by atoms with van der Waals surface area (Å²) in [6.07, 6.45) is 4.43. The molecule has 5 heteroatoms. The molecule has 3 nitrogen and oxygen atoms in total. The number of nitrogens with zero attached hydrogens (tertiary/aromatic N) is 2. The first kappa shape index (κ1) is 13.1. The van der Waals surface area contributed by atoms with E-state index in [4.69, 9.17) is 4.74 Å². The minimum absolute atomic E-state index is 0.321. The molecule has 1 aromatic carbocycles. The average molecular weight is 313 g/mol. The predicted molar refractivity (Wildman–Crippen MR) is 71.4 cm³/mol. The summed E-state index contributed by atoms with van der Waals surface area (Å²) in [7, 11) is 1.87. The predicted octanol–water partition coefficient (Wildman–Crippen LogP) is 3.08. The van der Waals surface area contributed by atoms with Gasteiger partial charge in [-0.1, -0.05) is 28.1 Å². The van der Waals surface area contributed by atoms with Crippen molar-refractivity contribution in [3.05, 3.63) is 47.5 Å². The highest BCUT2D eigenvalue weighted by Crippen LogP contribution is 2.24. The summed E-state index contributed by atoms with van der Waals surface area (Å²) >= 11 is 3.32. The van der Waals surface area contributed by atoms with E-state index in [9.17, 15) is 4.39 Å². The van der Waals surface area contributed by atoms with Crippen LogP contribution >= 0.6 is 15.9 Å². The van der Waals surface area contributed by atoms with Crippen molar-refractivity contribution in [1.29, 1.82) is 0 Å². The van der Waals surface area contributed by atoms with E-state index < -0.39 is 0 Å². The molecule has 18 heavy (non-hydrogen) atoms. The number of halogens is 2. The first-order valence-corrected chi connectivity index (χ1v) is 6.76. The number of aromatic nitrogens is 2. The topological polar surface area (TPSA) is 27.1 Å². The normalized spacial score (nSPS) is 10.6. The molecule has 0 amide bonds. The van der Waals surface area contributed by atoms with Gasteiger partial charge in [0.2, 0.25) is 0 Å². The van der Waals surface area contributed by atoms with Crippen LogP contribution in [0.5, 0.6) is 5.75 Å². The van der Waals surface area contributed by atoms with Crippen LogP contribution in [0.3, 0.4) is 0 Å². The Kier molecular flexibility index (Phi) is 4.36. The van der Waals surface area contributed by atoms with Crippen LogP contribution in [0.15, 0.2) is 30.6 Å². The van der Waals surface area contributed by atoms with Crippen molar-refractivity contribution in [3.63, 3.8) is 0 Å². The van der Waals surface area contributed by atoms with E-state index in [2.05, 4.69) is 21.0 Å². The van der Waals surface area contributed by atoms with Crippen molar-refractivity contribution < 1.29 is 9.13 Å². The maximum Gasteiger partial charge on any atom is 0.165 e. The van der Waals surface area contributed by atoms with E-state index in [0.29, 0.717) is 24.1 Å². The Morgan fingerprint density at radius 3 is 2.94 bits per heavy atom. The van der Waals surface area contributed by atoms with Gasteiger partial charge >= 0.3 is 0 Å². The largest absolute Gasteiger partial charge is 0.490 e. The Morgan fingerprint density at radius 2 is 2.28 bits per heavy atom. The number of ether oxygens (including phenoxy) is 1. The van der Waals surface area contributed by atoms with E-state index >= 15 is 0 Å². The van der Waals surface area contributed by atoms with Crippen LogP contribution in [0, 0.1) is 5.82 Å². The van der Waals surface area contributed by atoms with Gasteiger partial charge in [0, 0.05) is 30.6 Å². The van der Waals surface area contributed by atoms with Crippen molar-refractivity contribution in [2.24, 2.45) is 7.05 Å². The zero-order chi connectivity index (χ0) is 13.0. The smallest absolute Gasteiger partial charge is 0.165 e. The molecule has 96 valence electrons. The molecule has 0 unspecified atom stereocenters. The van der Waals surface area contributed by atoms with E-state index in [1.807, 2.05) is 19.3 Å². The van der Waals surface area contributed by atoms with Gasteiger partial charge in [-0.05, 0) is 11.6 Å². The van der Waals surface area contributed by atoms with Gasteiger partial charge < -0.3 is 4.74 Å². The zero-order valence-corrected chi connectivity index (χ0v) is 11.7. The zero-order valence-electron chi connectivity index (χ0n) is 10.1. The highest BCUT2D eigenvalue weighted by molar-refractivity contribution is 9.08. The number of para-hydroxylation sites is 1. The number of hydrogen-bond donors (Lipinski definition) is 0. The molecule has 0 aliphatic carbocycles. The van der Waals surface area contributed by atoms with Gasteiger partial charge in [0.1, 0.15) is 0 Å². The SMILES string of the molecule is Cn1cc(CCOc2c(F)cccc2CBr)cn1. The molecule has 2 aromatic rings. The first-order valence-electron chi connectivity index (χ1n) is 5.64.